The van der Waals surface area contributed by atoms with E-state index in [1.807, 2.05) is 30.5 Å². The Labute approximate surface area is 132 Å². The Kier molecular flexibility index (Phi) is 5.95. The average molecular weight is 351 g/mol. The summed E-state index contributed by atoms with van der Waals surface area (Å²) in [5, 5.41) is 6.11. The molecule has 0 saturated heterocycles. The van der Waals surface area contributed by atoms with Gasteiger partial charge in [0.1, 0.15) is 6.54 Å². The summed E-state index contributed by atoms with van der Waals surface area (Å²) in [6.07, 6.45) is 4.48. The lowest BCUT2D eigenvalue weighted by Crippen LogP contribution is -2.18. The number of halogens is 1. The molecule has 2 N–H and O–H groups in total. The number of anilines is 1. The van der Waals surface area contributed by atoms with Gasteiger partial charge >= 0.3 is 0 Å². The maximum Gasteiger partial charge on any atom is 0.244 e. The zero-order valence-electron chi connectivity index (χ0n) is 12.0. The number of benzene rings is 1. The first-order chi connectivity index (χ1) is 10.2. The van der Waals surface area contributed by atoms with Gasteiger partial charge in [0, 0.05) is 29.3 Å². The van der Waals surface area contributed by atoms with Gasteiger partial charge in [-0.05, 0) is 24.7 Å². The molecule has 1 aromatic heterocycles. The van der Waals surface area contributed by atoms with E-state index >= 15 is 0 Å². The minimum Gasteiger partial charge on any atom is -0.328 e. The van der Waals surface area contributed by atoms with Crippen LogP contribution in [-0.4, -0.2) is 28.5 Å². The molecule has 2 rings (SSSR count). The SMILES string of the molecule is CCNCCc1cn(CC(=O)Nc2cccc(Br)c2)cn1. The number of amides is 1. The van der Waals surface area contributed by atoms with Crippen molar-refractivity contribution in [1.29, 1.82) is 0 Å². The number of hydrogen-bond donors (Lipinski definition) is 2. The van der Waals surface area contributed by atoms with Crippen LogP contribution >= 0.6 is 15.9 Å². The van der Waals surface area contributed by atoms with Crippen molar-refractivity contribution in [2.45, 2.75) is 19.9 Å². The Morgan fingerprint density at radius 3 is 3.05 bits per heavy atom. The first-order valence-electron chi connectivity index (χ1n) is 6.94. The van der Waals surface area contributed by atoms with Gasteiger partial charge in [-0.2, -0.15) is 0 Å². The van der Waals surface area contributed by atoms with Gasteiger partial charge < -0.3 is 15.2 Å². The van der Waals surface area contributed by atoms with E-state index in [1.54, 1.807) is 10.9 Å². The number of likely N-dealkylation sites (N-methyl/N-ethyl adjacent to an activating group) is 1. The van der Waals surface area contributed by atoms with E-state index in [-0.39, 0.29) is 12.5 Å². The normalized spacial score (nSPS) is 10.6. The molecule has 1 heterocycles. The lowest BCUT2D eigenvalue weighted by molar-refractivity contribution is -0.116. The molecule has 21 heavy (non-hydrogen) atoms. The third-order valence-corrected chi connectivity index (χ3v) is 3.42. The summed E-state index contributed by atoms with van der Waals surface area (Å²) in [5.41, 5.74) is 1.77. The Hall–Kier alpha value is -1.66. The molecule has 5 nitrogen and oxygen atoms in total. The van der Waals surface area contributed by atoms with Crippen molar-refractivity contribution in [2.75, 3.05) is 18.4 Å². The van der Waals surface area contributed by atoms with Crippen LogP contribution in [-0.2, 0) is 17.8 Å². The van der Waals surface area contributed by atoms with Crippen LogP contribution in [0.2, 0.25) is 0 Å². The fourth-order valence-corrected chi connectivity index (χ4v) is 2.35. The van der Waals surface area contributed by atoms with Gasteiger partial charge in [-0.15, -0.1) is 0 Å². The van der Waals surface area contributed by atoms with Crippen LogP contribution in [0.3, 0.4) is 0 Å². The maximum atomic E-state index is 12.0. The number of nitrogens with one attached hydrogen (secondary N) is 2. The van der Waals surface area contributed by atoms with Crippen molar-refractivity contribution < 1.29 is 4.79 Å². The summed E-state index contributed by atoms with van der Waals surface area (Å²) in [6, 6.07) is 7.53. The van der Waals surface area contributed by atoms with E-state index < -0.39 is 0 Å². The first kappa shape index (κ1) is 15.7. The number of hydrogen-bond acceptors (Lipinski definition) is 3. The van der Waals surface area contributed by atoms with Gasteiger partial charge in [-0.3, -0.25) is 4.79 Å². The smallest absolute Gasteiger partial charge is 0.244 e. The fourth-order valence-electron chi connectivity index (χ4n) is 1.95. The van der Waals surface area contributed by atoms with E-state index in [9.17, 15) is 4.79 Å². The minimum absolute atomic E-state index is 0.0660. The monoisotopic (exact) mass is 350 g/mol. The topological polar surface area (TPSA) is 59.0 Å². The van der Waals surface area contributed by atoms with E-state index in [4.69, 9.17) is 0 Å². The maximum absolute atomic E-state index is 12.0. The molecule has 0 atom stereocenters. The summed E-state index contributed by atoms with van der Waals surface area (Å²) in [5.74, 6) is -0.0660. The van der Waals surface area contributed by atoms with Crippen molar-refractivity contribution in [3.8, 4) is 0 Å². The lowest BCUT2D eigenvalue weighted by Gasteiger charge is -2.06. The predicted octanol–water partition coefficient (Wildman–Crippen LogP) is 2.44. The Morgan fingerprint density at radius 1 is 1.43 bits per heavy atom. The first-order valence-corrected chi connectivity index (χ1v) is 7.73. The largest absolute Gasteiger partial charge is 0.328 e. The van der Waals surface area contributed by atoms with Gasteiger partial charge in [0.2, 0.25) is 5.91 Å². The molecule has 0 aliphatic rings. The highest BCUT2D eigenvalue weighted by Crippen LogP contribution is 2.15. The lowest BCUT2D eigenvalue weighted by atomic mass is 10.3. The van der Waals surface area contributed by atoms with Crippen LogP contribution in [0.25, 0.3) is 0 Å². The molecule has 6 heteroatoms. The molecule has 1 aromatic carbocycles. The average Bonchev–Trinajstić information content (AvgIpc) is 2.86. The van der Waals surface area contributed by atoms with Crippen LogP contribution in [0.4, 0.5) is 5.69 Å². The van der Waals surface area contributed by atoms with Crippen LogP contribution in [0.15, 0.2) is 41.3 Å². The Bertz CT molecular complexity index is 597. The second-order valence-corrected chi connectivity index (χ2v) is 5.62. The van der Waals surface area contributed by atoms with Gasteiger partial charge in [-0.1, -0.05) is 28.9 Å². The molecular formula is C15H19BrN4O. The highest BCUT2D eigenvalue weighted by Gasteiger charge is 2.05. The van der Waals surface area contributed by atoms with Gasteiger partial charge in [0.15, 0.2) is 0 Å². The van der Waals surface area contributed by atoms with Gasteiger partial charge in [0.05, 0.1) is 12.0 Å². The van der Waals surface area contributed by atoms with Crippen molar-refractivity contribution in [1.82, 2.24) is 14.9 Å². The number of rotatable bonds is 7. The molecule has 112 valence electrons. The highest BCUT2D eigenvalue weighted by atomic mass is 79.9. The Balaban J connectivity index is 1.85. The summed E-state index contributed by atoms with van der Waals surface area (Å²) in [4.78, 5) is 16.3. The molecule has 0 bridgehead atoms. The summed E-state index contributed by atoms with van der Waals surface area (Å²) < 4.78 is 2.74. The second kappa shape index (κ2) is 7.95. The molecule has 0 spiro atoms. The zero-order valence-corrected chi connectivity index (χ0v) is 13.6. The fraction of sp³-hybridized carbons (Fsp3) is 0.333. The van der Waals surface area contributed by atoms with E-state index in [1.165, 1.54) is 0 Å². The van der Waals surface area contributed by atoms with Crippen molar-refractivity contribution in [3.63, 3.8) is 0 Å². The van der Waals surface area contributed by atoms with E-state index in [0.29, 0.717) is 0 Å². The highest BCUT2D eigenvalue weighted by molar-refractivity contribution is 9.10. The standard InChI is InChI=1S/C15H19BrN4O/c1-2-17-7-6-14-9-20(11-18-14)10-15(21)19-13-5-3-4-12(16)8-13/h3-5,8-9,11,17H,2,6-7,10H2,1H3,(H,19,21). The molecule has 0 radical (unpaired) electrons. The molecule has 0 aliphatic heterocycles. The third-order valence-electron chi connectivity index (χ3n) is 2.93. The quantitative estimate of drug-likeness (QED) is 0.754. The molecule has 0 saturated carbocycles. The van der Waals surface area contributed by atoms with Crippen LogP contribution < -0.4 is 10.6 Å². The van der Waals surface area contributed by atoms with Crippen molar-refractivity contribution in [2.24, 2.45) is 0 Å². The number of aromatic nitrogens is 2. The number of carbonyl (C=O) groups excluding carboxylic acids is 1. The van der Waals surface area contributed by atoms with Crippen LogP contribution in [0.1, 0.15) is 12.6 Å². The van der Waals surface area contributed by atoms with Gasteiger partial charge in [-0.25, -0.2) is 4.98 Å². The zero-order chi connectivity index (χ0) is 15.1. The summed E-state index contributed by atoms with van der Waals surface area (Å²) in [7, 11) is 0. The van der Waals surface area contributed by atoms with Gasteiger partial charge in [0.25, 0.3) is 0 Å². The van der Waals surface area contributed by atoms with E-state index in [0.717, 1.165) is 35.4 Å². The molecule has 1 amide bonds. The third kappa shape index (κ3) is 5.32. The predicted molar refractivity (Wildman–Crippen MR) is 87.2 cm³/mol. The molecule has 0 unspecified atom stereocenters. The number of carbonyl (C=O) groups is 1. The summed E-state index contributed by atoms with van der Waals surface area (Å²) >= 11 is 3.38. The second-order valence-electron chi connectivity index (χ2n) is 4.70. The van der Waals surface area contributed by atoms with Crippen molar-refractivity contribution >= 4 is 27.5 Å². The van der Waals surface area contributed by atoms with Crippen LogP contribution in [0, 0.1) is 0 Å². The number of nitrogens with zero attached hydrogens (tertiary/aromatic N) is 2. The van der Waals surface area contributed by atoms with Crippen LogP contribution in [0.5, 0.6) is 0 Å². The van der Waals surface area contributed by atoms with E-state index in [2.05, 4.69) is 38.5 Å². The molecular weight excluding hydrogens is 332 g/mol. The Morgan fingerprint density at radius 2 is 2.29 bits per heavy atom. The minimum atomic E-state index is -0.0660. The molecule has 0 aliphatic carbocycles. The van der Waals surface area contributed by atoms with Crippen molar-refractivity contribution in [3.05, 3.63) is 47.0 Å². The number of imidazole rings is 1. The summed E-state index contributed by atoms with van der Waals surface area (Å²) in [6.45, 7) is 4.19. The molecule has 2 aromatic rings. The molecule has 0 fully saturated rings.